The summed E-state index contributed by atoms with van der Waals surface area (Å²) in [5, 5.41) is 0.891. The molecule has 0 fully saturated rings. The van der Waals surface area contributed by atoms with Crippen LogP contribution in [0.4, 0.5) is 0 Å². The fraction of sp³-hybridized carbons (Fsp3) is 0.125. The number of nitrogens with zero attached hydrogens (tertiary/aromatic N) is 1. The first-order valence-electron chi connectivity index (χ1n) is 2.89. The van der Waals surface area contributed by atoms with Gasteiger partial charge >= 0.3 is 0 Å². The molecule has 0 unspecified atom stereocenters. The van der Waals surface area contributed by atoms with Crippen LogP contribution in [0.2, 0.25) is 0 Å². The zero-order valence-electron chi connectivity index (χ0n) is 6.65. The minimum absolute atomic E-state index is 0. The van der Waals surface area contributed by atoms with Crippen LogP contribution < -0.4 is 0 Å². The predicted octanol–water partition coefficient (Wildman–Crippen LogP) is 2.23. The van der Waals surface area contributed by atoms with E-state index in [1.807, 2.05) is 24.1 Å². The van der Waals surface area contributed by atoms with Gasteiger partial charge in [-0.1, -0.05) is 6.07 Å². The van der Waals surface area contributed by atoms with Crippen molar-refractivity contribution in [1.82, 2.24) is 4.98 Å². The second-order valence-corrected chi connectivity index (χ2v) is 2.59. The van der Waals surface area contributed by atoms with Crippen molar-refractivity contribution in [2.45, 2.75) is 11.9 Å². The van der Waals surface area contributed by atoms with Crippen LogP contribution in [0.3, 0.4) is 0 Å². The van der Waals surface area contributed by atoms with Crippen LogP contribution in [0.1, 0.15) is 6.92 Å². The molecule has 0 saturated carbocycles. The molecule has 0 aromatic carbocycles. The minimum atomic E-state index is 0. The topological polar surface area (TPSA) is 12.9 Å². The van der Waals surface area contributed by atoms with E-state index in [2.05, 4.69) is 16.6 Å². The molecule has 0 atom stereocenters. The van der Waals surface area contributed by atoms with Crippen LogP contribution in [-0.2, 0) is 44.4 Å². The summed E-state index contributed by atoms with van der Waals surface area (Å²) >= 11 is 4.67. The van der Waals surface area contributed by atoms with Crippen molar-refractivity contribution < 1.29 is 32.7 Å². The second kappa shape index (κ2) is 11.5. The Bertz CT molecular complexity index is 220. The molecule has 1 aromatic rings. The number of hydrogen-bond acceptors (Lipinski definition) is 3. The van der Waals surface area contributed by atoms with Gasteiger partial charge in [0.2, 0.25) is 0 Å². The van der Waals surface area contributed by atoms with Crippen LogP contribution >= 0.6 is 10.8 Å². The molecule has 1 nitrogen and oxygen atoms in total. The molecule has 0 aliphatic rings. The van der Waals surface area contributed by atoms with Gasteiger partial charge in [-0.15, -0.1) is 0 Å². The molecule has 4 heteroatoms. The largest absolute Gasteiger partial charge is 0.712 e. The van der Waals surface area contributed by atoms with Gasteiger partial charge < -0.3 is 24.0 Å². The monoisotopic (exact) mass is 270 g/mol. The average molecular weight is 270 g/mol. The molecule has 1 heterocycles. The maximum Gasteiger partial charge on any atom is 0.0714 e. The Morgan fingerprint density at radius 1 is 1.58 bits per heavy atom. The third-order valence-electron chi connectivity index (χ3n) is 0.723. The van der Waals surface area contributed by atoms with E-state index in [0.717, 1.165) is 5.03 Å². The summed E-state index contributed by atoms with van der Waals surface area (Å²) in [6, 6.07) is 5.67. The van der Waals surface area contributed by atoms with Crippen molar-refractivity contribution in [3.05, 3.63) is 30.8 Å². The van der Waals surface area contributed by atoms with Crippen LogP contribution in [0, 0.1) is 12.3 Å². The van der Waals surface area contributed by atoms with Gasteiger partial charge in [-0.05, 0) is 19.1 Å². The first-order valence-corrected chi connectivity index (χ1v) is 4.63. The van der Waals surface area contributed by atoms with E-state index in [9.17, 15) is 0 Å². The Kier molecular flexibility index (Phi) is 14.4. The molecular formula is C8H7NS2Y-2. The van der Waals surface area contributed by atoms with Crippen molar-refractivity contribution in [3.8, 4) is 5.92 Å². The first kappa shape index (κ1) is 15.0. The fourth-order valence-electron chi connectivity index (χ4n) is 0.396. The standard InChI is InChI=1S/C5H5NS2.C3H3.Y/c7-8-5-3-1-2-4-6-5;1-3-2;/h1-4,7H;1H3;/q;-1;/p-1. The molecule has 0 N–H and O–H groups in total. The van der Waals surface area contributed by atoms with Crippen molar-refractivity contribution >= 4 is 22.5 Å². The number of pyridine rings is 1. The third-order valence-corrected chi connectivity index (χ3v) is 1.65. The van der Waals surface area contributed by atoms with E-state index < -0.39 is 0 Å². The number of aromatic nitrogens is 1. The Morgan fingerprint density at radius 3 is 2.42 bits per heavy atom. The van der Waals surface area contributed by atoms with Crippen molar-refractivity contribution in [2.75, 3.05) is 0 Å². The maximum atomic E-state index is 5.96. The normalized spacial score (nSPS) is 6.75. The first-order chi connectivity index (χ1) is 5.35. The van der Waals surface area contributed by atoms with E-state index in [-0.39, 0.29) is 32.7 Å². The molecule has 0 amide bonds. The van der Waals surface area contributed by atoms with Gasteiger partial charge in [-0.3, -0.25) is 15.8 Å². The van der Waals surface area contributed by atoms with Crippen molar-refractivity contribution in [1.29, 1.82) is 0 Å². The van der Waals surface area contributed by atoms with Gasteiger partial charge in [0.1, 0.15) is 0 Å². The van der Waals surface area contributed by atoms with Gasteiger partial charge in [0, 0.05) is 38.9 Å². The third kappa shape index (κ3) is 8.61. The van der Waals surface area contributed by atoms with Crippen LogP contribution in [0.15, 0.2) is 29.4 Å². The Morgan fingerprint density at radius 2 is 2.17 bits per heavy atom. The fourth-order valence-corrected chi connectivity index (χ4v) is 0.930. The summed E-state index contributed by atoms with van der Waals surface area (Å²) in [5.74, 6) is 2.00. The SMILES string of the molecule is [C-]#CC.[S-]Sc1ccccn1.[Y]. The van der Waals surface area contributed by atoms with Gasteiger partial charge in [0.25, 0.3) is 0 Å². The van der Waals surface area contributed by atoms with E-state index >= 15 is 0 Å². The number of rotatable bonds is 1. The van der Waals surface area contributed by atoms with Crippen LogP contribution in [0.5, 0.6) is 0 Å². The minimum Gasteiger partial charge on any atom is -0.712 e. The molecule has 61 valence electrons. The zero-order chi connectivity index (χ0) is 8.53. The van der Waals surface area contributed by atoms with Gasteiger partial charge in [0.05, 0.1) is 5.03 Å². The smallest absolute Gasteiger partial charge is 0.0714 e. The van der Waals surface area contributed by atoms with Gasteiger partial charge in [-0.25, -0.2) is 0 Å². The molecule has 0 aliphatic carbocycles. The van der Waals surface area contributed by atoms with E-state index in [1.165, 1.54) is 10.8 Å². The summed E-state index contributed by atoms with van der Waals surface area (Å²) in [6.07, 6.45) is 7.69. The second-order valence-electron chi connectivity index (χ2n) is 1.50. The average Bonchev–Trinajstić information content (AvgIpc) is 2.08. The molecule has 12 heavy (non-hydrogen) atoms. The maximum absolute atomic E-state index is 5.96. The van der Waals surface area contributed by atoms with E-state index in [0.29, 0.717) is 0 Å². The van der Waals surface area contributed by atoms with Crippen molar-refractivity contribution in [2.24, 2.45) is 0 Å². The number of hydrogen-bond donors (Lipinski definition) is 0. The molecule has 1 radical (unpaired) electrons. The molecule has 0 spiro atoms. The summed E-state index contributed by atoms with van der Waals surface area (Å²) in [4.78, 5) is 3.96. The molecule has 1 aromatic heterocycles. The molecule has 0 aliphatic heterocycles. The van der Waals surface area contributed by atoms with E-state index in [4.69, 9.17) is 6.42 Å². The predicted molar refractivity (Wildman–Crippen MR) is 50.3 cm³/mol. The van der Waals surface area contributed by atoms with Crippen LogP contribution in [0.25, 0.3) is 0 Å². The summed E-state index contributed by atoms with van der Waals surface area (Å²) in [7, 11) is 1.24. The van der Waals surface area contributed by atoms with E-state index in [1.54, 1.807) is 13.1 Å². The van der Waals surface area contributed by atoms with Crippen molar-refractivity contribution in [3.63, 3.8) is 0 Å². The quantitative estimate of drug-likeness (QED) is 0.336. The Labute approximate surface area is 108 Å². The zero-order valence-corrected chi connectivity index (χ0v) is 11.1. The Hall–Kier alpha value is 0.514. The molecular weight excluding hydrogens is 263 g/mol. The Balaban J connectivity index is 0. The van der Waals surface area contributed by atoms with Gasteiger partial charge in [0.15, 0.2) is 0 Å². The molecule has 1 rings (SSSR count). The summed E-state index contributed by atoms with van der Waals surface area (Å²) in [6.45, 7) is 1.54. The summed E-state index contributed by atoms with van der Waals surface area (Å²) < 4.78 is 0. The van der Waals surface area contributed by atoms with Gasteiger partial charge in [-0.2, -0.15) is 0 Å². The van der Waals surface area contributed by atoms with Crippen LogP contribution in [-0.4, -0.2) is 4.98 Å². The summed E-state index contributed by atoms with van der Waals surface area (Å²) in [5.41, 5.74) is 0. The molecule has 0 saturated heterocycles. The molecule has 0 bridgehead atoms.